The summed E-state index contributed by atoms with van der Waals surface area (Å²) >= 11 is 0. The third-order valence-electron chi connectivity index (χ3n) is 2.47. The van der Waals surface area contributed by atoms with Gasteiger partial charge in [0.15, 0.2) is 0 Å². The molecule has 0 fully saturated rings. The Hall–Kier alpha value is -1.78. The Kier molecular flexibility index (Phi) is 5.97. The molecule has 1 rings (SSSR count). The molecular weight excluding hydrogens is 230 g/mol. The Balaban J connectivity index is 2.29. The third-order valence-corrected chi connectivity index (χ3v) is 2.47. The lowest BCUT2D eigenvalue weighted by molar-refractivity contribution is 0.240. The highest BCUT2D eigenvalue weighted by Crippen LogP contribution is 2.07. The van der Waals surface area contributed by atoms with Gasteiger partial charge in [-0.2, -0.15) is 0 Å². The van der Waals surface area contributed by atoms with Crippen molar-refractivity contribution in [2.75, 3.05) is 13.7 Å². The number of rotatable bonds is 6. The maximum atomic E-state index is 11.5. The Bertz CT molecular complexity index is 380. The zero-order valence-electron chi connectivity index (χ0n) is 11.2. The van der Waals surface area contributed by atoms with Gasteiger partial charge in [-0.25, -0.2) is 9.78 Å². The van der Waals surface area contributed by atoms with E-state index in [1.54, 1.807) is 19.4 Å². The number of hydrogen-bond acceptors (Lipinski definition) is 3. The van der Waals surface area contributed by atoms with E-state index in [2.05, 4.69) is 29.5 Å². The zero-order valence-corrected chi connectivity index (χ0v) is 11.2. The van der Waals surface area contributed by atoms with Crippen LogP contribution in [0.5, 0.6) is 5.88 Å². The first-order valence-electron chi connectivity index (χ1n) is 6.12. The van der Waals surface area contributed by atoms with Crippen molar-refractivity contribution >= 4 is 6.03 Å². The van der Waals surface area contributed by atoms with Crippen molar-refractivity contribution in [2.24, 2.45) is 5.92 Å². The molecule has 0 bridgehead atoms. The minimum Gasteiger partial charge on any atom is -0.481 e. The molecule has 0 saturated heterocycles. The van der Waals surface area contributed by atoms with Crippen LogP contribution in [-0.4, -0.2) is 24.7 Å². The third kappa shape index (κ3) is 5.52. The summed E-state index contributed by atoms with van der Waals surface area (Å²) in [5, 5.41) is 5.61. The fraction of sp³-hybridized carbons (Fsp3) is 0.538. The number of amides is 2. The summed E-state index contributed by atoms with van der Waals surface area (Å²) in [4.78, 5) is 15.5. The summed E-state index contributed by atoms with van der Waals surface area (Å²) in [7, 11) is 1.57. The molecular formula is C13H21N3O2. The molecule has 5 nitrogen and oxygen atoms in total. The highest BCUT2D eigenvalue weighted by Gasteiger charge is 2.02. The number of carbonyl (C=O) groups is 1. The van der Waals surface area contributed by atoms with Crippen LogP contribution in [-0.2, 0) is 6.54 Å². The molecule has 0 aromatic carbocycles. The second-order valence-corrected chi connectivity index (χ2v) is 4.50. The van der Waals surface area contributed by atoms with Gasteiger partial charge in [-0.3, -0.25) is 0 Å². The number of nitrogens with one attached hydrogen (secondary N) is 2. The highest BCUT2D eigenvalue weighted by molar-refractivity contribution is 5.73. The molecule has 0 unspecified atom stereocenters. The van der Waals surface area contributed by atoms with E-state index in [-0.39, 0.29) is 6.03 Å². The molecule has 5 heteroatoms. The first-order chi connectivity index (χ1) is 8.61. The number of urea groups is 1. The van der Waals surface area contributed by atoms with Gasteiger partial charge in [0, 0.05) is 25.4 Å². The van der Waals surface area contributed by atoms with E-state index >= 15 is 0 Å². The second-order valence-electron chi connectivity index (χ2n) is 4.50. The first-order valence-corrected chi connectivity index (χ1v) is 6.12. The van der Waals surface area contributed by atoms with E-state index < -0.39 is 0 Å². The quantitative estimate of drug-likeness (QED) is 0.812. The lowest BCUT2D eigenvalue weighted by atomic mass is 10.1. The van der Waals surface area contributed by atoms with Gasteiger partial charge in [-0.05, 0) is 24.0 Å². The summed E-state index contributed by atoms with van der Waals surface area (Å²) in [6.07, 6.45) is 2.64. The number of aromatic nitrogens is 1. The lowest BCUT2D eigenvalue weighted by Crippen LogP contribution is -2.35. The summed E-state index contributed by atoms with van der Waals surface area (Å²) in [6, 6.07) is 3.50. The predicted octanol–water partition coefficient (Wildman–Crippen LogP) is 1.94. The molecule has 1 heterocycles. The molecule has 0 spiro atoms. The number of hydrogen-bond donors (Lipinski definition) is 2. The van der Waals surface area contributed by atoms with Crippen LogP contribution in [0.2, 0.25) is 0 Å². The van der Waals surface area contributed by atoms with Gasteiger partial charge >= 0.3 is 6.03 Å². The number of pyridine rings is 1. The first kappa shape index (κ1) is 14.3. The van der Waals surface area contributed by atoms with Gasteiger partial charge < -0.3 is 15.4 Å². The van der Waals surface area contributed by atoms with Gasteiger partial charge in [0.2, 0.25) is 5.88 Å². The van der Waals surface area contributed by atoms with E-state index in [0.717, 1.165) is 12.0 Å². The fourth-order valence-electron chi connectivity index (χ4n) is 1.39. The van der Waals surface area contributed by atoms with E-state index in [4.69, 9.17) is 4.74 Å². The van der Waals surface area contributed by atoms with Crippen LogP contribution in [0.15, 0.2) is 18.3 Å². The van der Waals surface area contributed by atoms with Crippen LogP contribution < -0.4 is 15.4 Å². The van der Waals surface area contributed by atoms with Crippen LogP contribution in [0, 0.1) is 5.92 Å². The van der Waals surface area contributed by atoms with Crippen molar-refractivity contribution in [3.8, 4) is 5.88 Å². The van der Waals surface area contributed by atoms with Gasteiger partial charge in [-0.1, -0.05) is 13.8 Å². The molecule has 0 aliphatic heterocycles. The Morgan fingerprint density at radius 2 is 2.22 bits per heavy atom. The molecule has 2 amide bonds. The maximum absolute atomic E-state index is 11.5. The largest absolute Gasteiger partial charge is 0.481 e. The normalized spacial score (nSPS) is 10.2. The van der Waals surface area contributed by atoms with Gasteiger partial charge in [0.25, 0.3) is 0 Å². The monoisotopic (exact) mass is 251 g/mol. The van der Waals surface area contributed by atoms with Crippen molar-refractivity contribution < 1.29 is 9.53 Å². The Morgan fingerprint density at radius 1 is 1.44 bits per heavy atom. The molecule has 1 aromatic rings. The van der Waals surface area contributed by atoms with Crippen LogP contribution in [0.1, 0.15) is 25.8 Å². The topological polar surface area (TPSA) is 63.2 Å². The van der Waals surface area contributed by atoms with Crippen molar-refractivity contribution in [2.45, 2.75) is 26.8 Å². The Morgan fingerprint density at radius 3 is 2.89 bits per heavy atom. The fourth-order valence-corrected chi connectivity index (χ4v) is 1.39. The van der Waals surface area contributed by atoms with Crippen LogP contribution in [0.25, 0.3) is 0 Å². The van der Waals surface area contributed by atoms with Crippen molar-refractivity contribution in [1.82, 2.24) is 15.6 Å². The molecule has 0 aliphatic rings. The van der Waals surface area contributed by atoms with Crippen LogP contribution in [0.4, 0.5) is 4.79 Å². The summed E-state index contributed by atoms with van der Waals surface area (Å²) in [5.74, 6) is 1.14. The number of carbonyl (C=O) groups excluding carboxylic acids is 1. The molecule has 0 atom stereocenters. The maximum Gasteiger partial charge on any atom is 0.315 e. The summed E-state index contributed by atoms with van der Waals surface area (Å²) < 4.78 is 5.01. The van der Waals surface area contributed by atoms with Crippen molar-refractivity contribution in [3.05, 3.63) is 23.9 Å². The molecule has 2 N–H and O–H groups in total. The number of methoxy groups -OCH3 is 1. The standard InChI is InChI=1S/C13H21N3O2/c1-10(2)4-6-15-13(17)16-9-11-5-7-14-12(8-11)18-3/h5,7-8,10H,4,6,9H2,1-3H3,(H2,15,16,17). The van der Waals surface area contributed by atoms with Gasteiger partial charge in [0.1, 0.15) is 0 Å². The highest BCUT2D eigenvalue weighted by atomic mass is 16.5. The minimum absolute atomic E-state index is 0.147. The van der Waals surface area contributed by atoms with Crippen LogP contribution in [0.3, 0.4) is 0 Å². The van der Waals surface area contributed by atoms with E-state index in [1.807, 2.05) is 6.07 Å². The number of nitrogens with zero attached hydrogens (tertiary/aromatic N) is 1. The average Bonchev–Trinajstić information content (AvgIpc) is 2.36. The Labute approximate surface area is 108 Å². The van der Waals surface area contributed by atoms with Crippen molar-refractivity contribution in [3.63, 3.8) is 0 Å². The molecule has 0 radical (unpaired) electrons. The molecule has 0 aliphatic carbocycles. The molecule has 18 heavy (non-hydrogen) atoms. The van der Waals surface area contributed by atoms with Crippen molar-refractivity contribution in [1.29, 1.82) is 0 Å². The summed E-state index contributed by atoms with van der Waals surface area (Å²) in [5.41, 5.74) is 0.959. The van der Waals surface area contributed by atoms with Gasteiger partial charge in [-0.15, -0.1) is 0 Å². The molecule has 1 aromatic heterocycles. The molecule has 0 saturated carbocycles. The van der Waals surface area contributed by atoms with E-state index in [0.29, 0.717) is 24.9 Å². The second kappa shape index (κ2) is 7.53. The van der Waals surface area contributed by atoms with Gasteiger partial charge in [0.05, 0.1) is 7.11 Å². The van der Waals surface area contributed by atoms with E-state index in [1.165, 1.54) is 0 Å². The molecule has 100 valence electrons. The smallest absolute Gasteiger partial charge is 0.315 e. The lowest BCUT2D eigenvalue weighted by Gasteiger charge is -2.09. The minimum atomic E-state index is -0.147. The van der Waals surface area contributed by atoms with Crippen LogP contribution >= 0.6 is 0 Å². The average molecular weight is 251 g/mol. The summed E-state index contributed by atoms with van der Waals surface area (Å²) in [6.45, 7) is 5.42. The number of ether oxygens (including phenoxy) is 1. The van der Waals surface area contributed by atoms with E-state index in [9.17, 15) is 4.79 Å². The SMILES string of the molecule is COc1cc(CNC(=O)NCCC(C)C)ccn1. The zero-order chi connectivity index (χ0) is 13.4. The predicted molar refractivity (Wildman–Crippen MR) is 70.5 cm³/mol.